The van der Waals surface area contributed by atoms with Crippen molar-refractivity contribution in [2.45, 2.75) is 72.3 Å². The lowest BCUT2D eigenvalue weighted by Gasteiger charge is -2.18. The van der Waals surface area contributed by atoms with Crippen LogP contribution in [0.1, 0.15) is 66.2 Å². The van der Waals surface area contributed by atoms with Crippen LogP contribution >= 0.6 is 33.2 Å². The van der Waals surface area contributed by atoms with E-state index in [9.17, 15) is 0 Å². The van der Waals surface area contributed by atoms with Gasteiger partial charge in [-0.05, 0) is 46.7 Å². The molecule has 0 rings (SSSR count). The van der Waals surface area contributed by atoms with Gasteiger partial charge in [0.25, 0.3) is 0 Å². The minimum absolute atomic E-state index is 0.805. The molecule has 0 unspecified atom stereocenters. The first-order chi connectivity index (χ1) is 10.7. The first-order valence-electron chi connectivity index (χ1n) is 8.34. The van der Waals surface area contributed by atoms with Gasteiger partial charge in [0.2, 0.25) is 0 Å². The molecule has 0 aliphatic carbocycles. The van der Waals surface area contributed by atoms with Crippen LogP contribution in [-0.4, -0.2) is 36.1 Å². The summed E-state index contributed by atoms with van der Waals surface area (Å²) < 4.78 is 2.58. The Morgan fingerprint density at radius 2 is 1.22 bits per heavy atom. The molecule has 23 heavy (non-hydrogen) atoms. The highest BCUT2D eigenvalue weighted by atomic mass is 35.8. The van der Waals surface area contributed by atoms with Gasteiger partial charge in [0, 0.05) is 0 Å². The molecule has 0 heterocycles. The Balaban J connectivity index is 3.81. The number of allylic oxidation sites excluding steroid dienone is 2. The molecule has 0 fully saturated rings. The van der Waals surface area contributed by atoms with Crippen molar-refractivity contribution < 1.29 is 0 Å². The molecular weight excluding hydrogens is 397 g/mol. The van der Waals surface area contributed by atoms with Crippen molar-refractivity contribution in [3.05, 3.63) is 22.5 Å². The molecule has 0 amide bonds. The molecule has 4 radical (unpaired) electrons. The van der Waals surface area contributed by atoms with E-state index < -0.39 is 6.00 Å². The molecule has 0 aliphatic heterocycles. The molecule has 0 aromatic heterocycles. The van der Waals surface area contributed by atoms with Gasteiger partial charge in [-0.2, -0.15) is 0 Å². The molecule has 0 aromatic carbocycles. The van der Waals surface area contributed by atoms with Gasteiger partial charge < -0.3 is 4.23 Å². The Morgan fingerprint density at radius 1 is 0.783 bits per heavy atom. The van der Waals surface area contributed by atoms with Gasteiger partial charge in [0.15, 0.2) is 19.4 Å². The predicted octanol–water partition coefficient (Wildman–Crippen LogP) is 6.37. The summed E-state index contributed by atoms with van der Waals surface area (Å²) in [5.41, 5.74) is 7.53. The van der Waals surface area contributed by atoms with Crippen LogP contribution in [0, 0.1) is 0 Å². The Labute approximate surface area is 163 Å². The maximum Gasteiger partial charge on any atom is 0.341 e. The van der Waals surface area contributed by atoms with Crippen molar-refractivity contribution in [2.75, 3.05) is 6.54 Å². The topological polar surface area (TPSA) is 3.24 Å². The molecule has 0 bridgehead atoms. The third kappa shape index (κ3) is 19.1. The van der Waals surface area contributed by atoms with Gasteiger partial charge in [0.05, 0.1) is 0 Å². The number of rotatable bonds is 13. The largest absolute Gasteiger partial charge is 0.342 e. The standard InChI is InChI=1S/C16H30Cl3NSi3/c1-15(2)13-21-20(22-14-16(3)4)11-9-7-5-6-8-10-12-23(17,18)19/h13-14H,5-12H2,1-4H3. The fourth-order valence-corrected chi connectivity index (χ4v) is 5.82. The highest BCUT2D eigenvalue weighted by Crippen LogP contribution is 2.27. The van der Waals surface area contributed by atoms with E-state index in [0.29, 0.717) is 0 Å². The van der Waals surface area contributed by atoms with Gasteiger partial charge >= 0.3 is 6.00 Å². The molecular formula is C16H30Cl3NSi3. The first kappa shape index (κ1) is 24.0. The lowest BCUT2D eigenvalue weighted by Crippen LogP contribution is -2.31. The molecule has 0 spiro atoms. The van der Waals surface area contributed by atoms with Gasteiger partial charge in [-0.25, -0.2) is 0 Å². The fraction of sp³-hybridized carbons (Fsp3) is 0.750. The molecule has 1 nitrogen and oxygen atoms in total. The Morgan fingerprint density at radius 3 is 1.65 bits per heavy atom. The van der Waals surface area contributed by atoms with E-state index in [2.05, 4.69) is 43.3 Å². The van der Waals surface area contributed by atoms with Gasteiger partial charge in [-0.15, -0.1) is 33.2 Å². The lowest BCUT2D eigenvalue weighted by molar-refractivity contribution is 0.558. The summed E-state index contributed by atoms with van der Waals surface area (Å²) in [6.07, 6.45) is 7.42. The van der Waals surface area contributed by atoms with Crippen LogP contribution in [0.5, 0.6) is 0 Å². The number of hydrogen-bond donors (Lipinski definition) is 0. The molecule has 0 saturated heterocycles. The van der Waals surface area contributed by atoms with E-state index in [0.717, 1.165) is 31.8 Å². The van der Waals surface area contributed by atoms with Gasteiger partial charge in [-0.3, -0.25) is 0 Å². The summed E-state index contributed by atoms with van der Waals surface area (Å²) in [5.74, 6) is 0. The summed E-state index contributed by atoms with van der Waals surface area (Å²) in [6.45, 7) is 9.90. The zero-order valence-electron chi connectivity index (χ0n) is 14.9. The number of nitrogens with zero attached hydrogens (tertiary/aromatic N) is 1. The summed E-state index contributed by atoms with van der Waals surface area (Å²) >= 11 is 17.7. The second-order valence-corrected chi connectivity index (χ2v) is 18.2. The van der Waals surface area contributed by atoms with Gasteiger partial charge in [-0.1, -0.05) is 54.6 Å². The van der Waals surface area contributed by atoms with Crippen LogP contribution in [0.15, 0.2) is 22.5 Å². The van der Waals surface area contributed by atoms with E-state index in [1.165, 1.54) is 49.8 Å². The second kappa shape index (κ2) is 14.2. The Bertz CT molecular complexity index is 340. The van der Waals surface area contributed by atoms with E-state index in [1.807, 2.05) is 0 Å². The number of unbranched alkanes of at least 4 members (excludes halogenated alkanes) is 5. The number of hydrogen-bond acceptors (Lipinski definition) is 1. The SMILES string of the molecule is CC(C)=C[Si]N(CCCCCCCC[Si](Cl)(Cl)Cl)[Si]C=C(C)C. The minimum atomic E-state index is -2.38. The normalized spacial score (nSPS) is 11.7. The monoisotopic (exact) mass is 425 g/mol. The van der Waals surface area contributed by atoms with Crippen LogP contribution in [0.25, 0.3) is 0 Å². The van der Waals surface area contributed by atoms with E-state index in [-0.39, 0.29) is 0 Å². The highest BCUT2D eigenvalue weighted by Gasteiger charge is 2.23. The van der Waals surface area contributed by atoms with E-state index in [4.69, 9.17) is 33.2 Å². The molecule has 132 valence electrons. The summed E-state index contributed by atoms with van der Waals surface area (Å²) in [6, 6.07) is -1.58. The van der Waals surface area contributed by atoms with E-state index in [1.54, 1.807) is 0 Å². The van der Waals surface area contributed by atoms with Crippen molar-refractivity contribution >= 4 is 58.6 Å². The van der Waals surface area contributed by atoms with Gasteiger partial charge in [0.1, 0.15) is 0 Å². The smallest absolute Gasteiger partial charge is 0.341 e. The molecule has 0 saturated carbocycles. The second-order valence-electron chi connectivity index (χ2n) is 6.34. The first-order valence-corrected chi connectivity index (χ1v) is 15.6. The third-order valence-corrected chi connectivity index (χ3v) is 8.99. The van der Waals surface area contributed by atoms with Crippen LogP contribution in [0.4, 0.5) is 0 Å². The average molecular weight is 427 g/mol. The Hall–Kier alpha value is 0.961. The predicted molar refractivity (Wildman–Crippen MR) is 113 cm³/mol. The fourth-order valence-electron chi connectivity index (χ4n) is 1.88. The summed E-state index contributed by atoms with van der Waals surface area (Å²) in [4.78, 5) is 0. The molecule has 0 atom stereocenters. The zero-order chi connectivity index (χ0) is 17.7. The lowest BCUT2D eigenvalue weighted by atomic mass is 10.1. The van der Waals surface area contributed by atoms with Crippen LogP contribution in [0.3, 0.4) is 0 Å². The number of halogens is 3. The van der Waals surface area contributed by atoms with Crippen LogP contribution in [0.2, 0.25) is 6.04 Å². The van der Waals surface area contributed by atoms with Crippen LogP contribution in [-0.2, 0) is 0 Å². The average Bonchev–Trinajstić information content (AvgIpc) is 2.42. The molecule has 0 aromatic rings. The van der Waals surface area contributed by atoms with Crippen molar-refractivity contribution in [3.8, 4) is 0 Å². The van der Waals surface area contributed by atoms with Crippen molar-refractivity contribution in [1.82, 2.24) is 4.23 Å². The Kier molecular flexibility index (Phi) is 14.8. The minimum Gasteiger partial charge on any atom is -0.342 e. The zero-order valence-corrected chi connectivity index (χ0v) is 20.2. The van der Waals surface area contributed by atoms with E-state index >= 15 is 0 Å². The molecule has 0 aliphatic rings. The molecule has 7 heteroatoms. The van der Waals surface area contributed by atoms with Crippen molar-refractivity contribution in [2.24, 2.45) is 0 Å². The molecule has 0 N–H and O–H groups in total. The highest BCUT2D eigenvalue weighted by molar-refractivity contribution is 7.64. The van der Waals surface area contributed by atoms with Crippen molar-refractivity contribution in [1.29, 1.82) is 0 Å². The third-order valence-electron chi connectivity index (χ3n) is 3.11. The quantitative estimate of drug-likeness (QED) is 0.188. The maximum atomic E-state index is 5.89. The summed E-state index contributed by atoms with van der Waals surface area (Å²) in [7, 11) is 1.62. The van der Waals surface area contributed by atoms with Crippen LogP contribution < -0.4 is 0 Å². The maximum absolute atomic E-state index is 5.89. The van der Waals surface area contributed by atoms with Crippen molar-refractivity contribution in [3.63, 3.8) is 0 Å². The summed E-state index contributed by atoms with van der Waals surface area (Å²) in [5, 5.41) is 0.